The number of hydrogen-bond donors (Lipinski definition) is 0. The highest BCUT2D eigenvalue weighted by atomic mass is 16.6. The Balaban J connectivity index is 2.06. The van der Waals surface area contributed by atoms with E-state index in [-0.39, 0.29) is 29.5 Å². The minimum Gasteiger partial charge on any atom is -0.460 e. The minimum absolute atomic E-state index is 0.0492. The van der Waals surface area contributed by atoms with Crippen LogP contribution in [0.15, 0.2) is 24.3 Å². The topological polar surface area (TPSA) is 69.7 Å². The number of rotatable bonds is 3. The van der Waals surface area contributed by atoms with Crippen molar-refractivity contribution in [1.82, 2.24) is 0 Å². The van der Waals surface area contributed by atoms with Crippen molar-refractivity contribution in [2.75, 3.05) is 0 Å². The van der Waals surface area contributed by atoms with Crippen LogP contribution >= 0.6 is 0 Å². The third kappa shape index (κ3) is 2.55. The molecule has 5 nitrogen and oxygen atoms in total. The molecule has 5 heteroatoms. The lowest BCUT2D eigenvalue weighted by Gasteiger charge is -2.40. The van der Waals surface area contributed by atoms with Crippen molar-refractivity contribution in [2.45, 2.75) is 52.7 Å². The number of fused-ring (bicyclic) bond motifs is 2. The van der Waals surface area contributed by atoms with E-state index in [0.29, 0.717) is 18.4 Å². The molecule has 0 aromatic heterocycles. The van der Waals surface area contributed by atoms with E-state index in [1.54, 1.807) is 13.0 Å². The van der Waals surface area contributed by atoms with E-state index in [1.165, 1.54) is 0 Å². The number of hydrogen-bond acceptors (Lipinski definition) is 5. The minimum atomic E-state index is -0.890. The molecule has 1 saturated carbocycles. The van der Waals surface area contributed by atoms with E-state index < -0.39 is 29.5 Å². The highest BCUT2D eigenvalue weighted by Gasteiger charge is 2.62. The van der Waals surface area contributed by atoms with E-state index in [4.69, 9.17) is 9.47 Å². The molecule has 25 heavy (non-hydrogen) atoms. The van der Waals surface area contributed by atoms with Crippen LogP contribution in [0.3, 0.4) is 0 Å². The fourth-order valence-corrected chi connectivity index (χ4v) is 4.55. The lowest BCUT2D eigenvalue weighted by molar-refractivity contribution is -0.168. The van der Waals surface area contributed by atoms with Gasteiger partial charge in [0.1, 0.15) is 12.2 Å². The van der Waals surface area contributed by atoms with Crippen LogP contribution in [0.1, 0.15) is 40.5 Å². The Morgan fingerprint density at radius 3 is 2.80 bits per heavy atom. The Kier molecular flexibility index (Phi) is 4.38. The van der Waals surface area contributed by atoms with E-state index in [1.807, 2.05) is 19.9 Å². The summed E-state index contributed by atoms with van der Waals surface area (Å²) < 4.78 is 11.4. The molecule has 0 amide bonds. The maximum absolute atomic E-state index is 12.8. The molecule has 1 saturated heterocycles. The molecule has 0 aromatic rings. The Morgan fingerprint density at radius 1 is 1.48 bits per heavy atom. The van der Waals surface area contributed by atoms with Crippen LogP contribution in [-0.2, 0) is 23.9 Å². The maximum atomic E-state index is 12.8. The fourth-order valence-electron chi connectivity index (χ4n) is 4.55. The zero-order valence-corrected chi connectivity index (χ0v) is 15.3. The van der Waals surface area contributed by atoms with Gasteiger partial charge in [-0.15, -0.1) is 0 Å². The van der Waals surface area contributed by atoms with Crippen molar-refractivity contribution in [3.05, 3.63) is 24.3 Å². The van der Waals surface area contributed by atoms with Gasteiger partial charge in [-0.2, -0.15) is 0 Å². The standard InChI is InChI=1S/C20H26O5/c1-6-10(2)18(22)25-17-16-12(4)19(23)24-14(16)9-11(3)13-7-8-15(21)20(13,17)5/h7-8,10-11,13-14,16-17H,4,6,9H2,1-3,5H3/t10?,11-,13+,14-,16-,17+,20+/m1/s1. The van der Waals surface area contributed by atoms with Crippen LogP contribution in [0, 0.1) is 29.1 Å². The van der Waals surface area contributed by atoms with Gasteiger partial charge in [-0.1, -0.05) is 33.4 Å². The smallest absolute Gasteiger partial charge is 0.334 e. The molecule has 2 fully saturated rings. The van der Waals surface area contributed by atoms with Gasteiger partial charge in [0.15, 0.2) is 5.78 Å². The average molecular weight is 346 g/mol. The van der Waals surface area contributed by atoms with Crippen molar-refractivity contribution in [3.8, 4) is 0 Å². The number of carbonyl (C=O) groups is 3. The van der Waals surface area contributed by atoms with E-state index >= 15 is 0 Å². The summed E-state index contributed by atoms with van der Waals surface area (Å²) in [5.41, 5.74) is -0.584. The third-order valence-corrected chi connectivity index (χ3v) is 6.39. The molecule has 0 bridgehead atoms. The van der Waals surface area contributed by atoms with Gasteiger partial charge in [0.25, 0.3) is 0 Å². The number of ether oxygens (including phenoxy) is 2. The Bertz CT molecular complexity index is 663. The quantitative estimate of drug-likeness (QED) is 0.580. The molecule has 7 atom stereocenters. The average Bonchev–Trinajstić information content (AvgIpc) is 2.99. The highest BCUT2D eigenvalue weighted by Crippen LogP contribution is 2.54. The van der Waals surface area contributed by atoms with Crippen molar-refractivity contribution in [2.24, 2.45) is 29.1 Å². The van der Waals surface area contributed by atoms with Crippen molar-refractivity contribution in [1.29, 1.82) is 0 Å². The SMILES string of the molecule is C=C1C(=O)O[C@@H]2C[C@@H](C)[C@@H]3C=CC(=O)[C@@]3(C)[C@@H](OC(=O)C(C)CC)[C@H]12. The summed E-state index contributed by atoms with van der Waals surface area (Å²) in [5, 5.41) is 0. The van der Waals surface area contributed by atoms with Crippen LogP contribution < -0.4 is 0 Å². The molecule has 0 spiro atoms. The third-order valence-electron chi connectivity index (χ3n) is 6.39. The van der Waals surface area contributed by atoms with E-state index in [9.17, 15) is 14.4 Å². The predicted molar refractivity (Wildman–Crippen MR) is 91.4 cm³/mol. The largest absolute Gasteiger partial charge is 0.460 e. The number of carbonyl (C=O) groups excluding carboxylic acids is 3. The van der Waals surface area contributed by atoms with Gasteiger partial charge in [-0.3, -0.25) is 9.59 Å². The zero-order valence-electron chi connectivity index (χ0n) is 15.3. The molecular weight excluding hydrogens is 320 g/mol. The molecule has 0 N–H and O–H groups in total. The van der Waals surface area contributed by atoms with Crippen LogP contribution in [-0.4, -0.2) is 29.9 Å². The number of allylic oxidation sites excluding steroid dienone is 2. The van der Waals surface area contributed by atoms with Gasteiger partial charge >= 0.3 is 11.9 Å². The first kappa shape index (κ1) is 17.9. The van der Waals surface area contributed by atoms with Crippen LogP contribution in [0.5, 0.6) is 0 Å². The first-order chi connectivity index (χ1) is 11.7. The zero-order chi connectivity index (χ0) is 18.5. The molecule has 2 aliphatic carbocycles. The Hall–Kier alpha value is -1.91. The Morgan fingerprint density at radius 2 is 2.16 bits per heavy atom. The molecule has 1 aliphatic heterocycles. The predicted octanol–water partition coefficient (Wildman–Crippen LogP) is 2.84. The van der Waals surface area contributed by atoms with Crippen molar-refractivity contribution >= 4 is 17.7 Å². The van der Waals surface area contributed by atoms with Crippen LogP contribution in [0.4, 0.5) is 0 Å². The summed E-state index contributed by atoms with van der Waals surface area (Å²) in [6.45, 7) is 11.5. The van der Waals surface area contributed by atoms with Crippen molar-refractivity contribution in [3.63, 3.8) is 0 Å². The summed E-state index contributed by atoms with van der Waals surface area (Å²) in [4.78, 5) is 37.4. The summed E-state index contributed by atoms with van der Waals surface area (Å²) in [5.74, 6) is -1.50. The molecule has 1 unspecified atom stereocenters. The first-order valence-electron chi connectivity index (χ1n) is 9.04. The van der Waals surface area contributed by atoms with Crippen LogP contribution in [0.2, 0.25) is 0 Å². The second-order valence-electron chi connectivity index (χ2n) is 7.91. The molecule has 136 valence electrons. The molecule has 0 radical (unpaired) electrons. The highest BCUT2D eigenvalue weighted by molar-refractivity contribution is 5.99. The van der Waals surface area contributed by atoms with Crippen LogP contribution in [0.25, 0.3) is 0 Å². The van der Waals surface area contributed by atoms with Gasteiger partial charge in [0, 0.05) is 5.57 Å². The van der Waals surface area contributed by atoms with E-state index in [0.717, 1.165) is 0 Å². The van der Waals surface area contributed by atoms with Gasteiger partial charge in [-0.25, -0.2) is 4.79 Å². The van der Waals surface area contributed by atoms with E-state index in [2.05, 4.69) is 13.5 Å². The lowest BCUT2D eigenvalue weighted by atomic mass is 9.67. The molecule has 0 aromatic carbocycles. The first-order valence-corrected chi connectivity index (χ1v) is 9.04. The summed E-state index contributed by atoms with van der Waals surface area (Å²) >= 11 is 0. The molecule has 3 aliphatic rings. The van der Waals surface area contributed by atoms with Crippen molar-refractivity contribution < 1.29 is 23.9 Å². The number of ketones is 1. The van der Waals surface area contributed by atoms with Gasteiger partial charge in [-0.05, 0) is 37.7 Å². The second kappa shape index (κ2) is 6.11. The van der Waals surface area contributed by atoms with Gasteiger partial charge < -0.3 is 9.47 Å². The molecular formula is C20H26O5. The Labute approximate surface area is 148 Å². The summed E-state index contributed by atoms with van der Waals surface area (Å²) in [7, 11) is 0. The van der Waals surface area contributed by atoms with Gasteiger partial charge in [0.2, 0.25) is 0 Å². The lowest BCUT2D eigenvalue weighted by Crippen LogP contribution is -2.49. The molecule has 1 heterocycles. The van der Waals surface area contributed by atoms with Gasteiger partial charge in [0.05, 0.1) is 17.3 Å². The molecule has 3 rings (SSSR count). The normalized spacial score (nSPS) is 41.0. The fraction of sp³-hybridized carbons (Fsp3) is 0.650. The monoisotopic (exact) mass is 346 g/mol. The second-order valence-corrected chi connectivity index (χ2v) is 7.91. The number of esters is 2. The summed E-state index contributed by atoms with van der Waals surface area (Å²) in [6.07, 6.45) is 3.65. The summed E-state index contributed by atoms with van der Waals surface area (Å²) in [6, 6.07) is 0. The maximum Gasteiger partial charge on any atom is 0.334 e.